The van der Waals surface area contributed by atoms with Crippen LogP contribution >= 0.6 is 23.2 Å². The summed E-state index contributed by atoms with van der Waals surface area (Å²) in [6.45, 7) is 0. The van der Waals surface area contributed by atoms with E-state index in [1.54, 1.807) is 0 Å². The molecule has 17 heavy (non-hydrogen) atoms. The van der Waals surface area contributed by atoms with E-state index in [1.807, 2.05) is 48.7 Å². The van der Waals surface area contributed by atoms with E-state index in [0.717, 1.165) is 32.1 Å². The van der Waals surface area contributed by atoms with Crippen molar-refractivity contribution in [3.8, 4) is 11.1 Å². The Morgan fingerprint density at radius 2 is 1.76 bits per heavy atom. The molecular weight excluding hydrogens is 253 g/mol. The van der Waals surface area contributed by atoms with Crippen molar-refractivity contribution in [1.29, 1.82) is 0 Å². The molecule has 1 nitrogen and oxygen atoms in total. The van der Waals surface area contributed by atoms with Gasteiger partial charge < -0.3 is 4.98 Å². The molecule has 3 heteroatoms. The first-order chi connectivity index (χ1) is 8.25. The number of rotatable bonds is 1. The summed E-state index contributed by atoms with van der Waals surface area (Å²) >= 11 is 12.1. The number of para-hydroxylation sites is 1. The first kappa shape index (κ1) is 10.7. The average Bonchev–Trinajstić information content (AvgIpc) is 2.74. The molecule has 3 rings (SSSR count). The minimum Gasteiger partial charge on any atom is -0.359 e. The molecule has 0 bridgehead atoms. The summed E-state index contributed by atoms with van der Waals surface area (Å²) in [7, 11) is 0. The summed E-state index contributed by atoms with van der Waals surface area (Å²) in [5.41, 5.74) is 3.17. The maximum atomic E-state index is 6.13. The second kappa shape index (κ2) is 4.10. The number of aromatic amines is 1. The summed E-state index contributed by atoms with van der Waals surface area (Å²) in [5, 5.41) is 2.58. The molecule has 0 aliphatic heterocycles. The van der Waals surface area contributed by atoms with E-state index in [-0.39, 0.29) is 0 Å². The van der Waals surface area contributed by atoms with Crippen molar-refractivity contribution in [2.75, 3.05) is 0 Å². The highest BCUT2D eigenvalue weighted by Crippen LogP contribution is 2.32. The molecule has 0 aliphatic carbocycles. The van der Waals surface area contributed by atoms with E-state index < -0.39 is 0 Å². The number of H-pyrrole nitrogens is 1. The lowest BCUT2D eigenvalue weighted by Crippen LogP contribution is -1.75. The van der Waals surface area contributed by atoms with Crippen molar-refractivity contribution in [2.24, 2.45) is 0 Å². The SMILES string of the molecule is Clc1cccc(-c2c[nH]c3c(Cl)cccc23)c1. The first-order valence-corrected chi connectivity index (χ1v) is 6.03. The standard InChI is InChI=1S/C14H9Cl2N/c15-10-4-1-3-9(7-10)12-8-17-14-11(12)5-2-6-13(14)16/h1-8,17H. The van der Waals surface area contributed by atoms with E-state index in [0.29, 0.717) is 0 Å². The smallest absolute Gasteiger partial charge is 0.0649 e. The van der Waals surface area contributed by atoms with Gasteiger partial charge in [0.1, 0.15) is 0 Å². The Hall–Kier alpha value is -1.44. The molecule has 0 aliphatic rings. The first-order valence-electron chi connectivity index (χ1n) is 5.27. The highest BCUT2D eigenvalue weighted by Gasteiger charge is 2.08. The number of aromatic nitrogens is 1. The highest BCUT2D eigenvalue weighted by molar-refractivity contribution is 6.35. The fourth-order valence-corrected chi connectivity index (χ4v) is 2.43. The average molecular weight is 262 g/mol. The van der Waals surface area contributed by atoms with Crippen molar-refractivity contribution in [3.05, 3.63) is 58.7 Å². The van der Waals surface area contributed by atoms with Crippen LogP contribution < -0.4 is 0 Å². The molecule has 0 atom stereocenters. The van der Waals surface area contributed by atoms with Gasteiger partial charge in [0.15, 0.2) is 0 Å². The quantitative estimate of drug-likeness (QED) is 0.624. The number of hydrogen-bond donors (Lipinski definition) is 1. The van der Waals surface area contributed by atoms with E-state index in [9.17, 15) is 0 Å². The summed E-state index contributed by atoms with van der Waals surface area (Å²) in [6, 6.07) is 13.7. The van der Waals surface area contributed by atoms with Gasteiger partial charge in [0.05, 0.1) is 10.5 Å². The molecule has 84 valence electrons. The van der Waals surface area contributed by atoms with Crippen molar-refractivity contribution >= 4 is 34.1 Å². The van der Waals surface area contributed by atoms with E-state index in [4.69, 9.17) is 23.2 Å². The minimum atomic E-state index is 0.732. The van der Waals surface area contributed by atoms with Gasteiger partial charge in [-0.15, -0.1) is 0 Å². The largest absolute Gasteiger partial charge is 0.359 e. The van der Waals surface area contributed by atoms with Crippen LogP contribution in [0.25, 0.3) is 22.0 Å². The lowest BCUT2D eigenvalue weighted by atomic mass is 10.1. The van der Waals surface area contributed by atoms with Crippen molar-refractivity contribution in [2.45, 2.75) is 0 Å². The molecule has 1 N–H and O–H groups in total. The number of nitrogens with one attached hydrogen (secondary N) is 1. The molecule has 2 aromatic carbocycles. The molecule has 0 amide bonds. The van der Waals surface area contributed by atoms with Crippen LogP contribution in [0.4, 0.5) is 0 Å². The molecule has 0 fully saturated rings. The summed E-state index contributed by atoms with van der Waals surface area (Å²) < 4.78 is 0. The topological polar surface area (TPSA) is 15.8 Å². The van der Waals surface area contributed by atoms with Gasteiger partial charge in [-0.2, -0.15) is 0 Å². The lowest BCUT2D eigenvalue weighted by Gasteiger charge is -2.00. The van der Waals surface area contributed by atoms with Crippen LogP contribution in [-0.2, 0) is 0 Å². The second-order valence-corrected chi connectivity index (χ2v) is 4.72. The van der Waals surface area contributed by atoms with Crippen LogP contribution in [-0.4, -0.2) is 4.98 Å². The Labute approximate surface area is 109 Å². The Balaban J connectivity index is 2.28. The van der Waals surface area contributed by atoms with Crippen LogP contribution in [0.3, 0.4) is 0 Å². The molecule has 0 unspecified atom stereocenters. The Bertz CT molecular complexity index is 686. The second-order valence-electron chi connectivity index (χ2n) is 3.88. The molecule has 1 heterocycles. The minimum absolute atomic E-state index is 0.732. The van der Waals surface area contributed by atoms with Gasteiger partial charge in [0.25, 0.3) is 0 Å². The zero-order chi connectivity index (χ0) is 11.8. The number of benzene rings is 2. The fourth-order valence-electron chi connectivity index (χ4n) is 2.01. The van der Waals surface area contributed by atoms with Crippen LogP contribution in [0.15, 0.2) is 48.7 Å². The van der Waals surface area contributed by atoms with Crippen LogP contribution in [0.2, 0.25) is 10.0 Å². The molecular formula is C14H9Cl2N. The lowest BCUT2D eigenvalue weighted by molar-refractivity contribution is 1.47. The third-order valence-corrected chi connectivity index (χ3v) is 3.35. The van der Waals surface area contributed by atoms with Crippen LogP contribution in [0.1, 0.15) is 0 Å². The molecule has 0 spiro atoms. The van der Waals surface area contributed by atoms with Gasteiger partial charge in [-0.25, -0.2) is 0 Å². The zero-order valence-corrected chi connectivity index (χ0v) is 10.4. The Morgan fingerprint density at radius 1 is 0.941 bits per heavy atom. The third-order valence-electron chi connectivity index (χ3n) is 2.80. The summed E-state index contributed by atoms with van der Waals surface area (Å²) in [5.74, 6) is 0. The van der Waals surface area contributed by atoms with Gasteiger partial charge in [-0.05, 0) is 23.8 Å². The number of fused-ring (bicyclic) bond motifs is 1. The predicted octanol–water partition coefficient (Wildman–Crippen LogP) is 5.14. The van der Waals surface area contributed by atoms with Gasteiger partial charge in [0, 0.05) is 22.2 Å². The van der Waals surface area contributed by atoms with Gasteiger partial charge >= 0.3 is 0 Å². The Morgan fingerprint density at radius 3 is 2.59 bits per heavy atom. The maximum Gasteiger partial charge on any atom is 0.0649 e. The molecule has 0 radical (unpaired) electrons. The van der Waals surface area contributed by atoms with Gasteiger partial charge in [-0.1, -0.05) is 47.5 Å². The summed E-state index contributed by atoms with van der Waals surface area (Å²) in [6.07, 6.45) is 1.96. The van der Waals surface area contributed by atoms with E-state index in [2.05, 4.69) is 4.98 Å². The number of halogens is 2. The zero-order valence-electron chi connectivity index (χ0n) is 8.87. The van der Waals surface area contributed by atoms with Crippen molar-refractivity contribution in [1.82, 2.24) is 4.98 Å². The van der Waals surface area contributed by atoms with Gasteiger partial charge in [-0.3, -0.25) is 0 Å². The predicted molar refractivity (Wildman–Crippen MR) is 73.8 cm³/mol. The molecule has 3 aromatic rings. The van der Waals surface area contributed by atoms with E-state index >= 15 is 0 Å². The Kier molecular flexibility index (Phi) is 2.58. The number of hydrogen-bond acceptors (Lipinski definition) is 0. The molecule has 0 saturated heterocycles. The van der Waals surface area contributed by atoms with E-state index in [1.165, 1.54) is 0 Å². The van der Waals surface area contributed by atoms with Gasteiger partial charge in [0.2, 0.25) is 0 Å². The van der Waals surface area contributed by atoms with Crippen molar-refractivity contribution < 1.29 is 0 Å². The normalized spacial score (nSPS) is 10.9. The third kappa shape index (κ3) is 1.82. The monoisotopic (exact) mass is 261 g/mol. The highest BCUT2D eigenvalue weighted by atomic mass is 35.5. The fraction of sp³-hybridized carbons (Fsp3) is 0. The van der Waals surface area contributed by atoms with Crippen LogP contribution in [0.5, 0.6) is 0 Å². The summed E-state index contributed by atoms with van der Waals surface area (Å²) in [4.78, 5) is 3.20. The van der Waals surface area contributed by atoms with Crippen LogP contribution in [0, 0.1) is 0 Å². The van der Waals surface area contributed by atoms with Crippen molar-refractivity contribution in [3.63, 3.8) is 0 Å². The molecule has 0 saturated carbocycles. The molecule has 1 aromatic heterocycles. The maximum absolute atomic E-state index is 6.13.